The van der Waals surface area contributed by atoms with Crippen LogP contribution in [-0.2, 0) is 0 Å². The number of phenolic OH excluding ortho intramolecular Hbond substituents is 1. The van der Waals surface area contributed by atoms with Crippen molar-refractivity contribution < 1.29 is 14.2 Å². The Hall–Kier alpha value is -1.76. The van der Waals surface area contributed by atoms with E-state index in [-0.39, 0.29) is 27.4 Å². The van der Waals surface area contributed by atoms with E-state index in [1.54, 1.807) is 0 Å². The summed E-state index contributed by atoms with van der Waals surface area (Å²) in [6, 6.07) is 2.57. The average molecular weight is 302 g/mol. The van der Waals surface area contributed by atoms with Gasteiger partial charge in [-0.05, 0) is 15.9 Å². The van der Waals surface area contributed by atoms with Gasteiger partial charge in [0.25, 0.3) is 0 Å². The van der Waals surface area contributed by atoms with Gasteiger partial charge < -0.3 is 15.6 Å². The van der Waals surface area contributed by atoms with Crippen molar-refractivity contribution in [3.05, 3.63) is 22.4 Å². The van der Waals surface area contributed by atoms with Crippen molar-refractivity contribution in [2.75, 3.05) is 12.8 Å². The molecule has 0 radical (unpaired) electrons. The standard InChI is InChI=1S/C10H9BrFN3O2/c1-17-6-2-4(12)9(11)8(10(6)16)5-3-7(13)15-14-5/h2-3,16H,1H3,(H3,13,14,15). The van der Waals surface area contributed by atoms with Crippen molar-refractivity contribution in [1.82, 2.24) is 10.2 Å². The minimum atomic E-state index is -0.553. The number of hydrogen-bond donors (Lipinski definition) is 3. The van der Waals surface area contributed by atoms with Crippen LogP contribution in [0.3, 0.4) is 0 Å². The number of nitrogens with zero attached hydrogens (tertiary/aromatic N) is 1. The van der Waals surface area contributed by atoms with Crippen LogP contribution in [-0.4, -0.2) is 22.4 Å². The van der Waals surface area contributed by atoms with Gasteiger partial charge in [-0.2, -0.15) is 5.10 Å². The van der Waals surface area contributed by atoms with Crippen LogP contribution in [0.15, 0.2) is 16.6 Å². The van der Waals surface area contributed by atoms with Crippen molar-refractivity contribution in [3.63, 3.8) is 0 Å². The Balaban J connectivity index is 2.71. The first-order chi connectivity index (χ1) is 8.04. The first-order valence-corrected chi connectivity index (χ1v) is 5.40. The van der Waals surface area contributed by atoms with Crippen molar-refractivity contribution >= 4 is 21.7 Å². The van der Waals surface area contributed by atoms with E-state index in [2.05, 4.69) is 26.1 Å². The summed E-state index contributed by atoms with van der Waals surface area (Å²) in [7, 11) is 1.34. The summed E-state index contributed by atoms with van der Waals surface area (Å²) in [6.07, 6.45) is 0. The van der Waals surface area contributed by atoms with Crippen LogP contribution in [0.4, 0.5) is 10.2 Å². The van der Waals surface area contributed by atoms with Gasteiger partial charge in [0.05, 0.1) is 22.8 Å². The molecular weight excluding hydrogens is 293 g/mol. The summed E-state index contributed by atoms with van der Waals surface area (Å²) in [5.41, 5.74) is 6.07. The smallest absolute Gasteiger partial charge is 0.168 e. The number of nitrogens with two attached hydrogens (primary N) is 1. The number of halogens is 2. The van der Waals surface area contributed by atoms with Gasteiger partial charge in [0.2, 0.25) is 0 Å². The number of nitrogens with one attached hydrogen (secondary N) is 1. The van der Waals surface area contributed by atoms with Gasteiger partial charge in [-0.15, -0.1) is 0 Å². The third kappa shape index (κ3) is 1.93. The number of hydrogen-bond acceptors (Lipinski definition) is 4. The molecule has 0 unspecified atom stereocenters. The van der Waals surface area contributed by atoms with Crippen LogP contribution >= 0.6 is 15.9 Å². The number of phenols is 1. The Labute approximate surface area is 105 Å². The molecule has 0 spiro atoms. The van der Waals surface area contributed by atoms with E-state index in [0.717, 1.165) is 6.07 Å². The number of aromatic amines is 1. The average Bonchev–Trinajstić information content (AvgIpc) is 2.70. The zero-order valence-corrected chi connectivity index (χ0v) is 10.4. The summed E-state index contributed by atoms with van der Waals surface area (Å²) in [5, 5.41) is 16.3. The van der Waals surface area contributed by atoms with Crippen LogP contribution < -0.4 is 10.5 Å². The van der Waals surface area contributed by atoms with Crippen molar-refractivity contribution in [1.29, 1.82) is 0 Å². The van der Waals surface area contributed by atoms with E-state index in [1.807, 2.05) is 0 Å². The number of aromatic hydroxyl groups is 1. The molecule has 1 aromatic heterocycles. The summed E-state index contributed by atoms with van der Waals surface area (Å²) < 4.78 is 18.6. The van der Waals surface area contributed by atoms with Gasteiger partial charge in [-0.25, -0.2) is 4.39 Å². The van der Waals surface area contributed by atoms with Crippen LogP contribution in [0.2, 0.25) is 0 Å². The molecule has 17 heavy (non-hydrogen) atoms. The topological polar surface area (TPSA) is 84.2 Å². The van der Waals surface area contributed by atoms with Gasteiger partial charge >= 0.3 is 0 Å². The maximum absolute atomic E-state index is 13.6. The zero-order chi connectivity index (χ0) is 12.6. The number of nitrogen functional groups attached to an aromatic ring is 1. The number of rotatable bonds is 2. The number of H-pyrrole nitrogens is 1. The highest BCUT2D eigenvalue weighted by atomic mass is 79.9. The minimum absolute atomic E-state index is 0.0360. The summed E-state index contributed by atoms with van der Waals surface area (Å²) in [4.78, 5) is 0. The van der Waals surface area contributed by atoms with Crippen LogP contribution in [0.1, 0.15) is 0 Å². The van der Waals surface area contributed by atoms with E-state index in [9.17, 15) is 9.50 Å². The third-order valence-electron chi connectivity index (χ3n) is 2.24. The largest absolute Gasteiger partial charge is 0.504 e. The molecule has 0 aliphatic rings. The molecule has 0 saturated carbocycles. The van der Waals surface area contributed by atoms with Crippen LogP contribution in [0, 0.1) is 5.82 Å². The SMILES string of the molecule is COc1cc(F)c(Br)c(-c2cc(N)n[nH]2)c1O. The van der Waals surface area contributed by atoms with Crippen LogP contribution in [0.5, 0.6) is 11.5 Å². The highest BCUT2D eigenvalue weighted by Crippen LogP contribution is 2.43. The lowest BCUT2D eigenvalue weighted by Crippen LogP contribution is -1.91. The fourth-order valence-corrected chi connectivity index (χ4v) is 1.98. The Kier molecular flexibility index (Phi) is 2.93. The summed E-state index contributed by atoms with van der Waals surface area (Å²) >= 11 is 3.06. The molecule has 2 aromatic rings. The van der Waals surface area contributed by atoms with Gasteiger partial charge in [0, 0.05) is 12.1 Å². The van der Waals surface area contributed by atoms with Crippen LogP contribution in [0.25, 0.3) is 11.3 Å². The fraction of sp³-hybridized carbons (Fsp3) is 0.100. The summed E-state index contributed by atoms with van der Waals surface area (Å²) in [6.45, 7) is 0. The molecule has 2 rings (SSSR count). The van der Waals surface area contributed by atoms with Crippen molar-refractivity contribution in [2.45, 2.75) is 0 Å². The first-order valence-electron chi connectivity index (χ1n) is 4.60. The lowest BCUT2D eigenvalue weighted by molar-refractivity contribution is 0.371. The van der Waals surface area contributed by atoms with E-state index in [4.69, 9.17) is 10.5 Å². The first kappa shape index (κ1) is 11.7. The zero-order valence-electron chi connectivity index (χ0n) is 8.79. The molecule has 0 bridgehead atoms. The second kappa shape index (κ2) is 4.25. The molecule has 7 heteroatoms. The molecule has 0 aliphatic carbocycles. The molecule has 0 amide bonds. The predicted octanol–water partition coefficient (Wildman–Crippen LogP) is 2.27. The molecule has 0 aliphatic heterocycles. The third-order valence-corrected chi connectivity index (χ3v) is 3.02. The Bertz CT molecular complexity index is 571. The molecule has 0 saturated heterocycles. The number of anilines is 1. The Morgan fingerprint density at radius 1 is 1.53 bits per heavy atom. The molecule has 0 fully saturated rings. The second-order valence-electron chi connectivity index (χ2n) is 3.30. The highest BCUT2D eigenvalue weighted by molar-refractivity contribution is 9.10. The van der Waals surface area contributed by atoms with E-state index in [0.29, 0.717) is 5.69 Å². The van der Waals surface area contributed by atoms with E-state index >= 15 is 0 Å². The summed E-state index contributed by atoms with van der Waals surface area (Å²) in [5.74, 6) is -0.462. The highest BCUT2D eigenvalue weighted by Gasteiger charge is 2.19. The Morgan fingerprint density at radius 2 is 2.24 bits per heavy atom. The monoisotopic (exact) mass is 301 g/mol. The molecule has 4 N–H and O–H groups in total. The number of methoxy groups -OCH3 is 1. The van der Waals surface area contributed by atoms with Gasteiger partial charge in [-0.3, -0.25) is 5.10 Å². The van der Waals surface area contributed by atoms with Gasteiger partial charge in [0.15, 0.2) is 11.5 Å². The predicted molar refractivity (Wildman–Crippen MR) is 64.3 cm³/mol. The van der Waals surface area contributed by atoms with E-state index in [1.165, 1.54) is 13.2 Å². The molecule has 1 heterocycles. The van der Waals surface area contributed by atoms with Crippen molar-refractivity contribution in [2.24, 2.45) is 0 Å². The van der Waals surface area contributed by atoms with Gasteiger partial charge in [0.1, 0.15) is 11.6 Å². The lowest BCUT2D eigenvalue weighted by atomic mass is 10.1. The number of aromatic nitrogens is 2. The van der Waals surface area contributed by atoms with E-state index < -0.39 is 5.82 Å². The normalized spacial score (nSPS) is 10.5. The maximum Gasteiger partial charge on any atom is 0.168 e. The molecule has 1 aromatic carbocycles. The molecule has 90 valence electrons. The quantitative estimate of drug-likeness (QED) is 0.794. The molecular formula is C10H9BrFN3O2. The van der Waals surface area contributed by atoms with Gasteiger partial charge in [-0.1, -0.05) is 0 Å². The van der Waals surface area contributed by atoms with Crippen molar-refractivity contribution in [3.8, 4) is 22.8 Å². The second-order valence-corrected chi connectivity index (χ2v) is 4.10. The fourth-order valence-electron chi connectivity index (χ4n) is 1.46. The lowest BCUT2D eigenvalue weighted by Gasteiger charge is -2.10. The number of benzene rings is 1. The number of ether oxygens (including phenoxy) is 1. The minimum Gasteiger partial charge on any atom is -0.504 e. The Morgan fingerprint density at radius 3 is 2.76 bits per heavy atom. The molecule has 5 nitrogen and oxygen atoms in total. The molecule has 0 atom stereocenters. The maximum atomic E-state index is 13.6.